The number of ether oxygens (including phenoxy) is 2. The Kier molecular flexibility index (Phi) is 11.3. The number of benzene rings is 2. The van der Waals surface area contributed by atoms with E-state index in [1.54, 1.807) is 13.8 Å². The summed E-state index contributed by atoms with van der Waals surface area (Å²) in [5.74, 6) is -1.90. The third-order valence-electron chi connectivity index (χ3n) is 5.43. The fourth-order valence-electron chi connectivity index (χ4n) is 3.28. The van der Waals surface area contributed by atoms with Gasteiger partial charge in [0.05, 0.1) is 25.7 Å². The molecule has 0 fully saturated rings. The van der Waals surface area contributed by atoms with E-state index in [2.05, 4.69) is 6.58 Å². The molecule has 0 aromatic heterocycles. The molecule has 0 heterocycles. The first-order chi connectivity index (χ1) is 16.7. The van der Waals surface area contributed by atoms with Crippen molar-refractivity contribution in [3.05, 3.63) is 84.0 Å². The molecular weight excluding hydrogens is 454 g/mol. The van der Waals surface area contributed by atoms with Gasteiger partial charge in [0, 0.05) is 11.5 Å². The molecule has 2 aromatic carbocycles. The summed E-state index contributed by atoms with van der Waals surface area (Å²) in [6.07, 6.45) is 0.634. The zero-order valence-electron chi connectivity index (χ0n) is 20.1. The van der Waals surface area contributed by atoms with E-state index in [-0.39, 0.29) is 31.3 Å². The largest absolute Gasteiger partial charge is 0.465 e. The zero-order chi connectivity index (χ0) is 25.8. The van der Waals surface area contributed by atoms with E-state index in [0.29, 0.717) is 19.3 Å². The third kappa shape index (κ3) is 9.83. The van der Waals surface area contributed by atoms with E-state index in [1.807, 2.05) is 48.5 Å². The SMILES string of the molecule is C=C(C)C(=O)OCC(COC(=O)C(C)CO)Cc1ccc(-c2ccc(CCC=C(F)F)cc2)cc1. The molecule has 2 aromatic rings. The van der Waals surface area contributed by atoms with E-state index in [1.165, 1.54) is 0 Å². The van der Waals surface area contributed by atoms with Crippen LogP contribution in [-0.2, 0) is 31.9 Å². The minimum atomic E-state index is -1.66. The maximum absolute atomic E-state index is 12.2. The van der Waals surface area contributed by atoms with Gasteiger partial charge in [0.15, 0.2) is 0 Å². The molecule has 2 unspecified atom stereocenters. The van der Waals surface area contributed by atoms with Gasteiger partial charge in [0.25, 0.3) is 6.08 Å². The molecule has 0 saturated carbocycles. The van der Waals surface area contributed by atoms with Crippen molar-refractivity contribution in [2.75, 3.05) is 19.8 Å². The van der Waals surface area contributed by atoms with E-state index < -0.39 is 23.9 Å². The molecule has 0 amide bonds. The third-order valence-corrected chi connectivity index (χ3v) is 5.43. The number of carbonyl (C=O) groups excluding carboxylic acids is 2. The summed E-state index contributed by atoms with van der Waals surface area (Å²) >= 11 is 0. The highest BCUT2D eigenvalue weighted by Crippen LogP contribution is 2.22. The van der Waals surface area contributed by atoms with Gasteiger partial charge in [-0.05, 0) is 61.4 Å². The van der Waals surface area contributed by atoms with Crippen molar-refractivity contribution in [1.82, 2.24) is 0 Å². The fourth-order valence-corrected chi connectivity index (χ4v) is 3.28. The first kappa shape index (κ1) is 27.9. The molecule has 0 bridgehead atoms. The number of aryl methyl sites for hydroxylation is 1. The minimum Gasteiger partial charge on any atom is -0.465 e. The number of hydrogen-bond acceptors (Lipinski definition) is 5. The first-order valence-electron chi connectivity index (χ1n) is 11.5. The number of rotatable bonds is 13. The topological polar surface area (TPSA) is 72.8 Å². The molecular formula is C28H32F2O5. The van der Waals surface area contributed by atoms with Crippen LogP contribution in [0.3, 0.4) is 0 Å². The molecule has 7 heteroatoms. The lowest BCUT2D eigenvalue weighted by atomic mass is 9.97. The second-order valence-corrected chi connectivity index (χ2v) is 8.59. The average molecular weight is 487 g/mol. The highest BCUT2D eigenvalue weighted by Gasteiger charge is 2.19. The molecule has 0 saturated heterocycles. The molecule has 0 aliphatic carbocycles. The van der Waals surface area contributed by atoms with Gasteiger partial charge in [-0.25, -0.2) is 4.79 Å². The van der Waals surface area contributed by atoms with Gasteiger partial charge in [-0.2, -0.15) is 8.78 Å². The van der Waals surface area contributed by atoms with Gasteiger partial charge in [0.2, 0.25) is 0 Å². The summed E-state index contributed by atoms with van der Waals surface area (Å²) in [6.45, 7) is 6.52. The van der Waals surface area contributed by atoms with Crippen LogP contribution >= 0.6 is 0 Å². The summed E-state index contributed by atoms with van der Waals surface area (Å²) in [7, 11) is 0. The van der Waals surface area contributed by atoms with E-state index >= 15 is 0 Å². The Morgan fingerprint density at radius 3 is 2.03 bits per heavy atom. The Balaban J connectivity index is 2.02. The van der Waals surface area contributed by atoms with Crippen LogP contribution in [0.4, 0.5) is 8.78 Å². The Hall–Kier alpha value is -3.32. The average Bonchev–Trinajstić information content (AvgIpc) is 2.85. The highest BCUT2D eigenvalue weighted by molar-refractivity contribution is 5.86. The number of aliphatic hydroxyl groups excluding tert-OH is 1. The maximum Gasteiger partial charge on any atom is 0.333 e. The number of carbonyl (C=O) groups is 2. The Labute approximate surface area is 205 Å². The lowest BCUT2D eigenvalue weighted by molar-refractivity contribution is -0.152. The molecule has 35 heavy (non-hydrogen) atoms. The Morgan fingerprint density at radius 1 is 0.971 bits per heavy atom. The highest BCUT2D eigenvalue weighted by atomic mass is 19.3. The van der Waals surface area contributed by atoms with Crippen LogP contribution in [0.25, 0.3) is 11.1 Å². The number of esters is 2. The molecule has 5 nitrogen and oxygen atoms in total. The number of allylic oxidation sites excluding steroid dienone is 1. The standard InChI is InChI=1S/C28H32F2O5/c1-19(2)27(32)34-17-23(18-35-28(33)20(3)16-31)15-22-9-13-25(14-10-22)24-11-7-21(8-12-24)5-4-6-26(29)30/h6-14,20,23,31H,1,4-5,15-18H2,2-3H3. The second kappa shape index (κ2) is 14.2. The molecule has 0 spiro atoms. The predicted molar refractivity (Wildman–Crippen MR) is 131 cm³/mol. The predicted octanol–water partition coefficient (Wildman–Crippen LogP) is 5.52. The van der Waals surface area contributed by atoms with Crippen LogP contribution in [0.5, 0.6) is 0 Å². The Bertz CT molecular complexity index is 1010. The van der Waals surface area contributed by atoms with Gasteiger partial charge in [-0.15, -0.1) is 0 Å². The number of halogens is 2. The molecule has 188 valence electrons. The fraction of sp³-hybridized carbons (Fsp3) is 0.357. The summed E-state index contributed by atoms with van der Waals surface area (Å²) < 4.78 is 34.9. The van der Waals surface area contributed by atoms with Crippen molar-refractivity contribution in [2.24, 2.45) is 11.8 Å². The van der Waals surface area contributed by atoms with Crippen molar-refractivity contribution >= 4 is 11.9 Å². The van der Waals surface area contributed by atoms with Gasteiger partial charge in [0.1, 0.15) is 0 Å². The molecule has 1 N–H and O–H groups in total. The second-order valence-electron chi connectivity index (χ2n) is 8.59. The minimum absolute atomic E-state index is 0.0529. The van der Waals surface area contributed by atoms with Crippen molar-refractivity contribution in [2.45, 2.75) is 33.1 Å². The van der Waals surface area contributed by atoms with Crippen LogP contribution < -0.4 is 0 Å². The van der Waals surface area contributed by atoms with E-state index in [9.17, 15) is 18.4 Å². The van der Waals surface area contributed by atoms with Gasteiger partial charge >= 0.3 is 11.9 Å². The lowest BCUT2D eigenvalue weighted by Gasteiger charge is -2.19. The quantitative estimate of drug-likeness (QED) is 0.298. The van der Waals surface area contributed by atoms with Gasteiger partial charge in [-0.3, -0.25) is 4.79 Å². The zero-order valence-corrected chi connectivity index (χ0v) is 20.1. The number of aliphatic hydroxyl groups is 1. The first-order valence-corrected chi connectivity index (χ1v) is 11.5. The summed E-state index contributed by atoms with van der Waals surface area (Å²) in [4.78, 5) is 23.8. The normalized spacial score (nSPS) is 12.4. The summed E-state index contributed by atoms with van der Waals surface area (Å²) in [5, 5.41) is 9.13. The van der Waals surface area contributed by atoms with E-state index in [4.69, 9.17) is 14.6 Å². The molecule has 0 aliphatic heterocycles. The lowest BCUT2D eigenvalue weighted by Crippen LogP contribution is -2.26. The monoisotopic (exact) mass is 486 g/mol. The molecule has 2 atom stereocenters. The maximum atomic E-state index is 12.2. The van der Waals surface area contributed by atoms with Crippen molar-refractivity contribution < 1.29 is 33.0 Å². The summed E-state index contributed by atoms with van der Waals surface area (Å²) in [5.41, 5.74) is 4.26. The number of hydrogen-bond donors (Lipinski definition) is 1. The molecule has 2 rings (SSSR count). The smallest absolute Gasteiger partial charge is 0.333 e. The van der Waals surface area contributed by atoms with Crippen molar-refractivity contribution in [1.29, 1.82) is 0 Å². The molecule has 0 radical (unpaired) electrons. The molecule has 0 aliphatic rings. The van der Waals surface area contributed by atoms with Crippen molar-refractivity contribution in [3.8, 4) is 11.1 Å². The van der Waals surface area contributed by atoms with Crippen molar-refractivity contribution in [3.63, 3.8) is 0 Å². The van der Waals surface area contributed by atoms with Gasteiger partial charge in [-0.1, -0.05) is 55.1 Å². The Morgan fingerprint density at radius 2 is 1.51 bits per heavy atom. The van der Waals surface area contributed by atoms with Crippen LogP contribution in [0.2, 0.25) is 0 Å². The summed E-state index contributed by atoms with van der Waals surface area (Å²) in [6, 6.07) is 15.7. The van der Waals surface area contributed by atoms with E-state index in [0.717, 1.165) is 28.3 Å². The van der Waals surface area contributed by atoms with Crippen LogP contribution in [-0.4, -0.2) is 36.9 Å². The van der Waals surface area contributed by atoms with Crippen LogP contribution in [0, 0.1) is 11.8 Å². The van der Waals surface area contributed by atoms with Gasteiger partial charge < -0.3 is 14.6 Å². The van der Waals surface area contributed by atoms with Crippen LogP contribution in [0.15, 0.2) is 72.8 Å². The van der Waals surface area contributed by atoms with Crippen LogP contribution in [0.1, 0.15) is 31.4 Å².